The van der Waals surface area contributed by atoms with Crippen LogP contribution in [0, 0.1) is 5.82 Å². The molecule has 0 amide bonds. The van der Waals surface area contributed by atoms with Crippen LogP contribution in [0.3, 0.4) is 0 Å². The fourth-order valence-electron chi connectivity index (χ4n) is 1.67. The maximum atomic E-state index is 13.7. The van der Waals surface area contributed by atoms with Crippen LogP contribution in [0.4, 0.5) is 10.2 Å². The minimum atomic E-state index is -0.443. The molecule has 0 aliphatic heterocycles. The Morgan fingerprint density at radius 2 is 2.31 bits per heavy atom. The molecule has 16 heavy (non-hydrogen) atoms. The predicted octanol–water partition coefficient (Wildman–Crippen LogP) is -0.171. The van der Waals surface area contributed by atoms with Crippen LogP contribution in [0.2, 0.25) is 0 Å². The standard InChI is InChI=1S/C9H13FN6/c1-13-6(2-11)16-3-5(10)7-8(12)14-4-15-9(7)16/h3-4,6,13H,2,11H2,1H3,(H2,12,14,15). The Labute approximate surface area is 91.5 Å². The molecule has 0 aliphatic carbocycles. The Morgan fingerprint density at radius 1 is 1.56 bits per heavy atom. The number of nitrogen functional groups attached to an aromatic ring is 1. The van der Waals surface area contributed by atoms with Crippen LogP contribution in [0.1, 0.15) is 6.17 Å². The minimum Gasteiger partial charge on any atom is -0.383 e. The van der Waals surface area contributed by atoms with Crippen LogP contribution in [0.5, 0.6) is 0 Å². The summed E-state index contributed by atoms with van der Waals surface area (Å²) in [6, 6.07) is 0. The molecule has 1 unspecified atom stereocenters. The van der Waals surface area contributed by atoms with Gasteiger partial charge >= 0.3 is 0 Å². The molecule has 7 heteroatoms. The summed E-state index contributed by atoms with van der Waals surface area (Å²) in [6.07, 6.45) is 2.40. The van der Waals surface area contributed by atoms with Gasteiger partial charge in [0.1, 0.15) is 17.8 Å². The van der Waals surface area contributed by atoms with E-state index in [0.717, 1.165) is 0 Å². The van der Waals surface area contributed by atoms with Gasteiger partial charge < -0.3 is 16.0 Å². The predicted molar refractivity (Wildman–Crippen MR) is 59.0 cm³/mol. The van der Waals surface area contributed by atoms with Crippen molar-refractivity contribution in [1.82, 2.24) is 19.9 Å². The number of rotatable bonds is 3. The van der Waals surface area contributed by atoms with Crippen molar-refractivity contribution >= 4 is 16.9 Å². The van der Waals surface area contributed by atoms with E-state index in [0.29, 0.717) is 12.2 Å². The number of nitrogens with two attached hydrogens (primary N) is 2. The second-order valence-electron chi connectivity index (χ2n) is 3.38. The number of halogens is 1. The lowest BCUT2D eigenvalue weighted by Crippen LogP contribution is -2.30. The summed E-state index contributed by atoms with van der Waals surface area (Å²) in [4.78, 5) is 7.77. The van der Waals surface area contributed by atoms with Crippen LogP contribution in [-0.2, 0) is 0 Å². The quantitative estimate of drug-likeness (QED) is 0.672. The molecule has 0 aliphatic rings. The molecule has 5 N–H and O–H groups in total. The molecule has 0 fully saturated rings. The zero-order chi connectivity index (χ0) is 11.7. The molecule has 2 aromatic rings. The van der Waals surface area contributed by atoms with Crippen molar-refractivity contribution in [2.75, 3.05) is 19.3 Å². The van der Waals surface area contributed by atoms with Crippen LogP contribution in [0.25, 0.3) is 11.0 Å². The average Bonchev–Trinajstić information content (AvgIpc) is 2.60. The molecule has 1 atom stereocenters. The summed E-state index contributed by atoms with van der Waals surface area (Å²) < 4.78 is 15.3. The molecule has 0 saturated carbocycles. The first-order chi connectivity index (χ1) is 7.69. The molecule has 6 nitrogen and oxygen atoms in total. The van der Waals surface area contributed by atoms with Crippen molar-refractivity contribution in [1.29, 1.82) is 0 Å². The number of likely N-dealkylation sites (N-methyl/N-ethyl adjacent to an activating group) is 1. The maximum absolute atomic E-state index is 13.7. The number of nitrogens with one attached hydrogen (secondary N) is 1. The summed E-state index contributed by atoms with van der Waals surface area (Å²) in [5.74, 6) is -0.310. The molecular weight excluding hydrogens is 211 g/mol. The number of fused-ring (bicyclic) bond motifs is 1. The van der Waals surface area contributed by atoms with Crippen LogP contribution < -0.4 is 16.8 Å². The lowest BCUT2D eigenvalue weighted by Gasteiger charge is -2.16. The first-order valence-electron chi connectivity index (χ1n) is 4.83. The monoisotopic (exact) mass is 224 g/mol. The number of nitrogens with zero attached hydrogens (tertiary/aromatic N) is 3. The second-order valence-corrected chi connectivity index (χ2v) is 3.38. The van der Waals surface area contributed by atoms with E-state index >= 15 is 0 Å². The van der Waals surface area contributed by atoms with E-state index in [-0.39, 0.29) is 17.4 Å². The van der Waals surface area contributed by atoms with Crippen molar-refractivity contribution in [3.63, 3.8) is 0 Å². The smallest absolute Gasteiger partial charge is 0.154 e. The first kappa shape index (κ1) is 10.8. The van der Waals surface area contributed by atoms with Gasteiger partial charge in [-0.05, 0) is 7.05 Å². The van der Waals surface area contributed by atoms with Gasteiger partial charge in [0.2, 0.25) is 0 Å². The number of aromatic nitrogens is 3. The largest absolute Gasteiger partial charge is 0.383 e. The topological polar surface area (TPSA) is 94.8 Å². The summed E-state index contributed by atoms with van der Waals surface area (Å²) in [5.41, 5.74) is 11.6. The molecule has 0 saturated heterocycles. The van der Waals surface area contributed by atoms with E-state index in [2.05, 4.69) is 15.3 Å². The Balaban J connectivity index is 2.68. The zero-order valence-corrected chi connectivity index (χ0v) is 8.81. The highest BCUT2D eigenvalue weighted by atomic mass is 19.1. The third-order valence-corrected chi connectivity index (χ3v) is 2.48. The molecule has 2 aromatic heterocycles. The molecular formula is C9H13FN6. The van der Waals surface area contributed by atoms with Crippen LogP contribution >= 0.6 is 0 Å². The number of anilines is 1. The highest BCUT2D eigenvalue weighted by molar-refractivity contribution is 5.86. The lowest BCUT2D eigenvalue weighted by atomic mass is 10.4. The fourth-order valence-corrected chi connectivity index (χ4v) is 1.67. The van der Waals surface area contributed by atoms with Gasteiger partial charge in [0.25, 0.3) is 0 Å². The summed E-state index contributed by atoms with van der Waals surface area (Å²) >= 11 is 0. The second kappa shape index (κ2) is 4.03. The number of hydrogen-bond acceptors (Lipinski definition) is 5. The fraction of sp³-hybridized carbons (Fsp3) is 0.333. The van der Waals surface area contributed by atoms with Crippen molar-refractivity contribution in [3.05, 3.63) is 18.3 Å². The minimum absolute atomic E-state index is 0.133. The lowest BCUT2D eigenvalue weighted by molar-refractivity contribution is 0.452. The Kier molecular flexibility index (Phi) is 2.71. The van der Waals surface area contributed by atoms with E-state index in [9.17, 15) is 4.39 Å². The van der Waals surface area contributed by atoms with Gasteiger partial charge in [-0.2, -0.15) is 0 Å². The number of hydrogen-bond donors (Lipinski definition) is 3. The van der Waals surface area contributed by atoms with Gasteiger partial charge in [0.15, 0.2) is 5.82 Å². The molecule has 2 rings (SSSR count). The molecule has 0 spiro atoms. The first-order valence-corrected chi connectivity index (χ1v) is 4.83. The van der Waals surface area contributed by atoms with E-state index in [1.165, 1.54) is 12.5 Å². The third-order valence-electron chi connectivity index (χ3n) is 2.48. The Hall–Kier alpha value is -1.73. The van der Waals surface area contributed by atoms with E-state index in [4.69, 9.17) is 11.5 Å². The van der Waals surface area contributed by atoms with Crippen molar-refractivity contribution in [2.45, 2.75) is 6.17 Å². The normalized spacial score (nSPS) is 13.2. The third kappa shape index (κ3) is 1.50. The highest BCUT2D eigenvalue weighted by Crippen LogP contribution is 2.23. The molecule has 0 radical (unpaired) electrons. The van der Waals surface area contributed by atoms with Gasteiger partial charge in [0.05, 0.1) is 11.6 Å². The zero-order valence-electron chi connectivity index (χ0n) is 8.81. The van der Waals surface area contributed by atoms with Gasteiger partial charge in [-0.25, -0.2) is 14.4 Å². The molecule has 0 aromatic carbocycles. The molecule has 86 valence electrons. The summed E-state index contributed by atoms with van der Waals surface area (Å²) in [5, 5.41) is 3.20. The van der Waals surface area contributed by atoms with Crippen molar-refractivity contribution in [3.8, 4) is 0 Å². The van der Waals surface area contributed by atoms with Gasteiger partial charge in [0, 0.05) is 12.7 Å². The van der Waals surface area contributed by atoms with Gasteiger partial charge in [-0.3, -0.25) is 5.32 Å². The average molecular weight is 224 g/mol. The molecule has 2 heterocycles. The Morgan fingerprint density at radius 3 is 2.94 bits per heavy atom. The van der Waals surface area contributed by atoms with Gasteiger partial charge in [-0.1, -0.05) is 0 Å². The maximum Gasteiger partial charge on any atom is 0.154 e. The van der Waals surface area contributed by atoms with Crippen LogP contribution in [0.15, 0.2) is 12.5 Å². The summed E-state index contributed by atoms with van der Waals surface area (Å²) in [6.45, 7) is 0.323. The van der Waals surface area contributed by atoms with Crippen LogP contribution in [-0.4, -0.2) is 28.1 Å². The highest BCUT2D eigenvalue weighted by Gasteiger charge is 2.17. The van der Waals surface area contributed by atoms with E-state index in [1.54, 1.807) is 11.6 Å². The van der Waals surface area contributed by atoms with E-state index in [1.807, 2.05) is 0 Å². The molecule has 0 bridgehead atoms. The Bertz CT molecular complexity index is 504. The van der Waals surface area contributed by atoms with Crippen molar-refractivity contribution in [2.24, 2.45) is 5.73 Å². The summed E-state index contributed by atoms with van der Waals surface area (Å²) in [7, 11) is 1.74. The SMILES string of the molecule is CNC(CN)n1cc(F)c2c(N)ncnc21. The van der Waals surface area contributed by atoms with Gasteiger partial charge in [-0.15, -0.1) is 0 Å². The van der Waals surface area contributed by atoms with E-state index < -0.39 is 5.82 Å². The van der Waals surface area contributed by atoms with Crippen molar-refractivity contribution < 1.29 is 4.39 Å².